The number of nitrogens with one attached hydrogen (secondary N) is 1. The number of rotatable bonds is 5. The summed E-state index contributed by atoms with van der Waals surface area (Å²) < 4.78 is 66.5. The van der Waals surface area contributed by atoms with Crippen molar-refractivity contribution in [1.82, 2.24) is 4.31 Å². The van der Waals surface area contributed by atoms with E-state index >= 15 is 0 Å². The highest BCUT2D eigenvalue weighted by Crippen LogP contribution is 2.33. The van der Waals surface area contributed by atoms with E-state index in [0.29, 0.717) is 19.5 Å². The summed E-state index contributed by atoms with van der Waals surface area (Å²) in [4.78, 5) is 0. The van der Waals surface area contributed by atoms with Crippen molar-refractivity contribution in [2.45, 2.75) is 26.3 Å². The van der Waals surface area contributed by atoms with Crippen LogP contribution < -0.4 is 10.1 Å². The fraction of sp³-hybridized carbons (Fsp3) is 0.250. The summed E-state index contributed by atoms with van der Waals surface area (Å²) >= 11 is 0. The van der Waals surface area contributed by atoms with Gasteiger partial charge in [0.25, 0.3) is 0 Å². The van der Waals surface area contributed by atoms with E-state index < -0.39 is 16.4 Å². The van der Waals surface area contributed by atoms with E-state index in [2.05, 4.69) is 10.1 Å². The molecule has 3 aromatic carbocycles. The molecule has 0 saturated heterocycles. The maximum atomic E-state index is 12.4. The third kappa shape index (κ3) is 5.48. The predicted molar refractivity (Wildman–Crippen MR) is 122 cm³/mol. The van der Waals surface area contributed by atoms with Crippen LogP contribution in [0, 0.1) is 6.92 Å². The van der Waals surface area contributed by atoms with Gasteiger partial charge >= 0.3 is 6.36 Å². The average molecular weight is 477 g/mol. The van der Waals surface area contributed by atoms with Gasteiger partial charge in [-0.15, -0.1) is 13.2 Å². The number of sulfonamides is 1. The number of halogens is 3. The number of anilines is 2. The molecule has 33 heavy (non-hydrogen) atoms. The molecule has 4 rings (SSSR count). The molecule has 5 nitrogen and oxygen atoms in total. The summed E-state index contributed by atoms with van der Waals surface area (Å²) in [5, 5.41) is 3.42. The molecule has 0 unspecified atom stereocenters. The molecule has 1 aliphatic heterocycles. The molecule has 1 aliphatic rings. The second-order valence-corrected chi connectivity index (χ2v) is 10.00. The molecule has 3 aromatic rings. The van der Waals surface area contributed by atoms with Crippen molar-refractivity contribution in [1.29, 1.82) is 0 Å². The first-order valence-corrected chi connectivity index (χ1v) is 12.1. The van der Waals surface area contributed by atoms with Crippen LogP contribution in [0.5, 0.6) is 5.75 Å². The van der Waals surface area contributed by atoms with Gasteiger partial charge in [0.2, 0.25) is 10.0 Å². The van der Waals surface area contributed by atoms with Crippen LogP contribution in [-0.2, 0) is 23.0 Å². The number of alkyl halides is 3. The van der Waals surface area contributed by atoms with E-state index in [-0.39, 0.29) is 5.75 Å². The van der Waals surface area contributed by atoms with Gasteiger partial charge < -0.3 is 10.1 Å². The first kappa shape index (κ1) is 23.1. The molecular weight excluding hydrogens is 453 g/mol. The Hall–Kier alpha value is -3.04. The van der Waals surface area contributed by atoms with Crippen LogP contribution in [0.25, 0.3) is 11.1 Å². The topological polar surface area (TPSA) is 58.6 Å². The quantitative estimate of drug-likeness (QED) is 0.519. The molecule has 0 aliphatic carbocycles. The maximum Gasteiger partial charge on any atom is 0.573 e. The van der Waals surface area contributed by atoms with Crippen molar-refractivity contribution in [3.8, 4) is 16.9 Å². The van der Waals surface area contributed by atoms with Gasteiger partial charge in [-0.05, 0) is 71.5 Å². The van der Waals surface area contributed by atoms with Crippen molar-refractivity contribution in [2.24, 2.45) is 0 Å². The number of hydrogen-bond acceptors (Lipinski definition) is 4. The Morgan fingerprint density at radius 2 is 1.76 bits per heavy atom. The molecule has 0 saturated carbocycles. The summed E-state index contributed by atoms with van der Waals surface area (Å²) in [7, 11) is -3.25. The lowest BCUT2D eigenvalue weighted by Gasteiger charge is -2.28. The Morgan fingerprint density at radius 3 is 2.42 bits per heavy atom. The molecule has 174 valence electrons. The molecule has 0 radical (unpaired) electrons. The van der Waals surface area contributed by atoms with Crippen molar-refractivity contribution in [3.63, 3.8) is 0 Å². The minimum Gasteiger partial charge on any atom is -0.406 e. The van der Waals surface area contributed by atoms with Gasteiger partial charge in [0.1, 0.15) is 5.75 Å². The van der Waals surface area contributed by atoms with Crippen molar-refractivity contribution in [3.05, 3.63) is 77.4 Å². The Morgan fingerprint density at radius 1 is 1.03 bits per heavy atom. The van der Waals surface area contributed by atoms with Gasteiger partial charge in [-0.25, -0.2) is 8.42 Å². The van der Waals surface area contributed by atoms with Crippen molar-refractivity contribution < 1.29 is 26.3 Å². The molecule has 1 heterocycles. The Balaban J connectivity index is 1.59. The molecule has 0 atom stereocenters. The molecule has 0 amide bonds. The summed E-state index contributed by atoms with van der Waals surface area (Å²) in [5.74, 6) is -0.266. The number of nitrogens with zero attached hydrogens (tertiary/aromatic N) is 1. The van der Waals surface area contributed by atoms with E-state index in [0.717, 1.165) is 39.2 Å². The summed E-state index contributed by atoms with van der Waals surface area (Å²) in [5.41, 5.74) is 6.40. The van der Waals surface area contributed by atoms with E-state index in [1.807, 2.05) is 43.3 Å². The van der Waals surface area contributed by atoms with Crippen molar-refractivity contribution >= 4 is 21.4 Å². The molecule has 0 aromatic heterocycles. The predicted octanol–water partition coefficient (Wildman–Crippen LogP) is 5.62. The normalized spacial score (nSPS) is 14.6. The zero-order chi connectivity index (χ0) is 23.8. The molecule has 0 spiro atoms. The van der Waals surface area contributed by atoms with E-state index in [1.165, 1.54) is 22.7 Å². The smallest absolute Gasteiger partial charge is 0.406 e. The van der Waals surface area contributed by atoms with Gasteiger partial charge in [-0.1, -0.05) is 30.3 Å². The highest BCUT2D eigenvalue weighted by Gasteiger charge is 2.31. The van der Waals surface area contributed by atoms with Gasteiger partial charge in [0.05, 0.1) is 6.26 Å². The third-order valence-corrected chi connectivity index (χ3v) is 6.87. The largest absolute Gasteiger partial charge is 0.573 e. The fourth-order valence-corrected chi connectivity index (χ4v) is 4.78. The maximum absolute atomic E-state index is 12.4. The zero-order valence-electron chi connectivity index (χ0n) is 18.1. The lowest BCUT2D eigenvalue weighted by molar-refractivity contribution is -0.274. The number of ether oxygens (including phenoxy) is 1. The van der Waals surface area contributed by atoms with Crippen molar-refractivity contribution in [2.75, 3.05) is 18.1 Å². The molecule has 9 heteroatoms. The second-order valence-electron chi connectivity index (χ2n) is 8.02. The first-order chi connectivity index (χ1) is 15.5. The number of fused-ring (bicyclic) bond motifs is 1. The molecular formula is C24H23F3N2O3S. The van der Waals surface area contributed by atoms with Gasteiger partial charge in [0, 0.05) is 24.5 Å². The van der Waals surface area contributed by atoms with Crippen LogP contribution in [0.15, 0.2) is 60.7 Å². The fourth-order valence-electron chi connectivity index (χ4n) is 3.99. The summed E-state index contributed by atoms with van der Waals surface area (Å²) in [6.45, 7) is 2.70. The number of aryl methyl sites for hydroxylation is 1. The lowest BCUT2D eigenvalue weighted by atomic mass is 9.97. The van der Waals surface area contributed by atoms with Crippen LogP contribution in [0.2, 0.25) is 0 Å². The van der Waals surface area contributed by atoms with Gasteiger partial charge in [-0.3, -0.25) is 0 Å². The molecule has 0 fully saturated rings. The highest BCUT2D eigenvalue weighted by molar-refractivity contribution is 7.88. The van der Waals surface area contributed by atoms with Crippen LogP contribution in [-0.4, -0.2) is 31.9 Å². The average Bonchev–Trinajstić information content (AvgIpc) is 2.74. The number of hydrogen-bond donors (Lipinski definition) is 1. The van der Waals surface area contributed by atoms with Crippen LogP contribution >= 0.6 is 0 Å². The summed E-state index contributed by atoms with van der Waals surface area (Å²) in [6.07, 6.45) is -2.91. The zero-order valence-corrected chi connectivity index (χ0v) is 18.9. The minimum absolute atomic E-state index is 0.266. The SMILES string of the molecule is Cc1ccc(Nc2cccc3c2CCN(S(C)(=O)=O)C3)cc1-c1ccc(OC(F)(F)F)cc1. The Labute approximate surface area is 190 Å². The first-order valence-electron chi connectivity index (χ1n) is 10.3. The van der Waals surface area contributed by atoms with E-state index in [1.54, 1.807) is 12.1 Å². The van der Waals surface area contributed by atoms with E-state index in [9.17, 15) is 21.6 Å². The third-order valence-electron chi connectivity index (χ3n) is 5.62. The van der Waals surface area contributed by atoms with E-state index in [4.69, 9.17) is 0 Å². The molecule has 0 bridgehead atoms. The minimum atomic E-state index is -4.73. The van der Waals surface area contributed by atoms with Crippen LogP contribution in [0.1, 0.15) is 16.7 Å². The standard InChI is InChI=1S/C24H23F3N2O3S/c1-16-6-9-19(14-22(16)17-7-10-20(11-8-17)32-24(25,26)27)28-23-5-3-4-18-15-29(33(2,30)31)13-12-21(18)23/h3-11,14,28H,12-13,15H2,1-2H3. The lowest BCUT2D eigenvalue weighted by Crippen LogP contribution is -2.35. The van der Waals surface area contributed by atoms with Crippen LogP contribution in [0.3, 0.4) is 0 Å². The monoisotopic (exact) mass is 476 g/mol. The van der Waals surface area contributed by atoms with Crippen LogP contribution in [0.4, 0.5) is 24.5 Å². The Bertz CT molecular complexity index is 1270. The molecule has 1 N–H and O–H groups in total. The highest BCUT2D eigenvalue weighted by atomic mass is 32.2. The van der Waals surface area contributed by atoms with Gasteiger partial charge in [0.15, 0.2) is 0 Å². The number of benzene rings is 3. The summed E-state index contributed by atoms with van der Waals surface area (Å²) in [6, 6.07) is 17.4. The second kappa shape index (κ2) is 8.72. The van der Waals surface area contributed by atoms with Gasteiger partial charge in [-0.2, -0.15) is 4.31 Å². The Kier molecular flexibility index (Phi) is 6.11.